The van der Waals surface area contributed by atoms with Gasteiger partial charge in [0, 0.05) is 13.6 Å². The van der Waals surface area contributed by atoms with Gasteiger partial charge in [-0.05, 0) is 18.6 Å². The van der Waals surface area contributed by atoms with Crippen LogP contribution in [0.2, 0.25) is 0 Å². The van der Waals surface area contributed by atoms with Crippen molar-refractivity contribution in [3.8, 4) is 0 Å². The molecule has 1 rings (SSSR count). The second-order valence-electron chi connectivity index (χ2n) is 3.77. The highest BCUT2D eigenvalue weighted by Crippen LogP contribution is 2.10. The number of aromatic nitrogens is 1. The van der Waals surface area contributed by atoms with Crippen molar-refractivity contribution in [2.75, 3.05) is 18.5 Å². The molecule has 3 nitrogen and oxygen atoms in total. The van der Waals surface area contributed by atoms with Gasteiger partial charge in [0.2, 0.25) is 0 Å². The minimum Gasteiger partial charge on any atom is -0.390 e. The fraction of sp³-hybridized carbons (Fsp3) is 0.583. The number of pyridine rings is 1. The molecule has 0 saturated heterocycles. The lowest BCUT2D eigenvalue weighted by molar-refractivity contribution is 0.277. The van der Waals surface area contributed by atoms with E-state index in [1.807, 2.05) is 25.2 Å². The van der Waals surface area contributed by atoms with Gasteiger partial charge in [-0.25, -0.2) is 4.98 Å². The molecule has 0 bridgehead atoms. The SMILES string of the molecule is CCCCCN(C)c1cccc(CO)n1. The van der Waals surface area contributed by atoms with Crippen molar-refractivity contribution in [2.24, 2.45) is 0 Å². The van der Waals surface area contributed by atoms with Crippen molar-refractivity contribution in [1.29, 1.82) is 0 Å². The number of rotatable bonds is 6. The highest BCUT2D eigenvalue weighted by molar-refractivity contribution is 5.37. The van der Waals surface area contributed by atoms with Gasteiger partial charge in [0.1, 0.15) is 5.82 Å². The largest absolute Gasteiger partial charge is 0.390 e. The third kappa shape index (κ3) is 3.88. The van der Waals surface area contributed by atoms with Crippen LogP contribution in [-0.2, 0) is 6.61 Å². The normalized spacial score (nSPS) is 10.3. The molecule has 0 saturated carbocycles. The molecule has 0 aromatic carbocycles. The van der Waals surface area contributed by atoms with Crippen LogP contribution in [0.25, 0.3) is 0 Å². The van der Waals surface area contributed by atoms with E-state index in [2.05, 4.69) is 16.8 Å². The van der Waals surface area contributed by atoms with Gasteiger partial charge in [-0.2, -0.15) is 0 Å². The summed E-state index contributed by atoms with van der Waals surface area (Å²) in [5.41, 5.74) is 0.731. The van der Waals surface area contributed by atoms with Crippen LogP contribution in [0.15, 0.2) is 18.2 Å². The van der Waals surface area contributed by atoms with Crippen LogP contribution in [0.4, 0.5) is 5.82 Å². The first-order chi connectivity index (χ1) is 7.27. The summed E-state index contributed by atoms with van der Waals surface area (Å²) in [5, 5.41) is 8.98. The Morgan fingerprint density at radius 3 is 2.80 bits per heavy atom. The van der Waals surface area contributed by atoms with Crippen LogP contribution in [-0.4, -0.2) is 23.7 Å². The zero-order valence-electron chi connectivity index (χ0n) is 9.61. The predicted molar refractivity (Wildman–Crippen MR) is 63.0 cm³/mol. The van der Waals surface area contributed by atoms with E-state index in [4.69, 9.17) is 5.11 Å². The number of aliphatic hydroxyl groups excluding tert-OH is 1. The zero-order valence-corrected chi connectivity index (χ0v) is 9.61. The van der Waals surface area contributed by atoms with Gasteiger partial charge in [0.15, 0.2) is 0 Å². The zero-order chi connectivity index (χ0) is 11.1. The van der Waals surface area contributed by atoms with E-state index in [1.165, 1.54) is 19.3 Å². The summed E-state index contributed by atoms with van der Waals surface area (Å²) in [7, 11) is 2.04. The van der Waals surface area contributed by atoms with Gasteiger partial charge in [0.25, 0.3) is 0 Å². The van der Waals surface area contributed by atoms with Crippen LogP contribution >= 0.6 is 0 Å². The van der Waals surface area contributed by atoms with Crippen LogP contribution in [0, 0.1) is 0 Å². The maximum Gasteiger partial charge on any atom is 0.128 e. The summed E-state index contributed by atoms with van der Waals surface area (Å²) in [4.78, 5) is 6.48. The summed E-state index contributed by atoms with van der Waals surface area (Å²) < 4.78 is 0. The van der Waals surface area contributed by atoms with E-state index in [0.29, 0.717) is 0 Å². The topological polar surface area (TPSA) is 36.4 Å². The number of aliphatic hydroxyl groups is 1. The Kier molecular flexibility index (Phi) is 5.12. The maximum absolute atomic E-state index is 8.98. The second kappa shape index (κ2) is 6.40. The third-order valence-electron chi connectivity index (χ3n) is 2.44. The molecule has 1 heterocycles. The van der Waals surface area contributed by atoms with Gasteiger partial charge in [0.05, 0.1) is 12.3 Å². The predicted octanol–water partition coefficient (Wildman–Crippen LogP) is 2.20. The van der Waals surface area contributed by atoms with Crippen LogP contribution in [0.5, 0.6) is 0 Å². The van der Waals surface area contributed by atoms with Gasteiger partial charge >= 0.3 is 0 Å². The Morgan fingerprint density at radius 2 is 2.13 bits per heavy atom. The third-order valence-corrected chi connectivity index (χ3v) is 2.44. The summed E-state index contributed by atoms with van der Waals surface area (Å²) in [6, 6.07) is 5.75. The summed E-state index contributed by atoms with van der Waals surface area (Å²) in [5.74, 6) is 0.942. The van der Waals surface area contributed by atoms with E-state index in [9.17, 15) is 0 Å². The van der Waals surface area contributed by atoms with Crippen LogP contribution in [0.3, 0.4) is 0 Å². The van der Waals surface area contributed by atoms with E-state index >= 15 is 0 Å². The Hall–Kier alpha value is -1.09. The summed E-state index contributed by atoms with van der Waals surface area (Å²) >= 11 is 0. The molecule has 0 radical (unpaired) electrons. The Morgan fingerprint density at radius 1 is 1.33 bits per heavy atom. The standard InChI is InChI=1S/C12H20N2O/c1-3-4-5-9-14(2)12-8-6-7-11(10-15)13-12/h6-8,15H,3-5,9-10H2,1-2H3. The highest BCUT2D eigenvalue weighted by Gasteiger charge is 2.02. The average Bonchev–Trinajstić information content (AvgIpc) is 2.29. The van der Waals surface area contributed by atoms with Gasteiger partial charge in [-0.1, -0.05) is 25.8 Å². The lowest BCUT2D eigenvalue weighted by Gasteiger charge is -2.18. The molecule has 0 atom stereocenters. The fourth-order valence-electron chi connectivity index (χ4n) is 1.48. The molecule has 1 aromatic rings. The van der Waals surface area contributed by atoms with E-state index < -0.39 is 0 Å². The van der Waals surface area contributed by atoms with Gasteiger partial charge in [-0.15, -0.1) is 0 Å². The van der Waals surface area contributed by atoms with Crippen molar-refractivity contribution in [1.82, 2.24) is 4.98 Å². The molecule has 1 N–H and O–H groups in total. The lowest BCUT2D eigenvalue weighted by atomic mass is 10.2. The Bertz CT molecular complexity index is 289. The molecule has 0 amide bonds. The summed E-state index contributed by atoms with van der Waals surface area (Å²) in [6.07, 6.45) is 3.68. The molecule has 84 valence electrons. The van der Waals surface area contributed by atoms with Crippen LogP contribution in [0.1, 0.15) is 31.9 Å². The molecule has 0 aliphatic heterocycles. The van der Waals surface area contributed by atoms with Crippen molar-refractivity contribution >= 4 is 5.82 Å². The number of hydrogen-bond donors (Lipinski definition) is 1. The van der Waals surface area contributed by atoms with Crippen molar-refractivity contribution in [3.05, 3.63) is 23.9 Å². The fourth-order valence-corrected chi connectivity index (χ4v) is 1.48. The van der Waals surface area contributed by atoms with Gasteiger partial charge < -0.3 is 10.0 Å². The molecule has 0 spiro atoms. The Balaban J connectivity index is 2.52. The molecular formula is C12H20N2O. The molecule has 0 unspecified atom stereocenters. The number of hydrogen-bond acceptors (Lipinski definition) is 3. The second-order valence-corrected chi connectivity index (χ2v) is 3.77. The minimum atomic E-state index is 0.0106. The average molecular weight is 208 g/mol. The quantitative estimate of drug-likeness (QED) is 0.728. The number of unbranched alkanes of at least 4 members (excludes halogenated alkanes) is 2. The van der Waals surface area contributed by atoms with E-state index in [0.717, 1.165) is 18.1 Å². The summed E-state index contributed by atoms with van der Waals surface area (Å²) in [6.45, 7) is 3.23. The van der Waals surface area contributed by atoms with Crippen molar-refractivity contribution in [2.45, 2.75) is 32.8 Å². The Labute approximate surface area is 91.8 Å². The molecule has 3 heteroatoms. The smallest absolute Gasteiger partial charge is 0.128 e. The van der Waals surface area contributed by atoms with Crippen molar-refractivity contribution in [3.63, 3.8) is 0 Å². The first-order valence-electron chi connectivity index (χ1n) is 5.56. The monoisotopic (exact) mass is 208 g/mol. The maximum atomic E-state index is 8.98. The minimum absolute atomic E-state index is 0.0106. The first-order valence-corrected chi connectivity index (χ1v) is 5.56. The molecule has 0 aliphatic carbocycles. The molecule has 0 fully saturated rings. The van der Waals surface area contributed by atoms with Crippen LogP contribution < -0.4 is 4.90 Å². The first kappa shape index (κ1) is 12.0. The molecule has 15 heavy (non-hydrogen) atoms. The molecule has 0 aliphatic rings. The number of anilines is 1. The molecular weight excluding hydrogens is 188 g/mol. The lowest BCUT2D eigenvalue weighted by Crippen LogP contribution is -2.19. The van der Waals surface area contributed by atoms with Crippen molar-refractivity contribution < 1.29 is 5.11 Å². The number of nitrogens with zero attached hydrogens (tertiary/aromatic N) is 2. The molecule has 1 aromatic heterocycles. The highest BCUT2D eigenvalue weighted by atomic mass is 16.3. The van der Waals surface area contributed by atoms with Gasteiger partial charge in [-0.3, -0.25) is 0 Å². The van der Waals surface area contributed by atoms with E-state index in [1.54, 1.807) is 0 Å². The van der Waals surface area contributed by atoms with E-state index in [-0.39, 0.29) is 6.61 Å².